The van der Waals surface area contributed by atoms with Crippen LogP contribution >= 0.6 is 0 Å². The smallest absolute Gasteiger partial charge is 0.325 e. The maximum absolute atomic E-state index is 12.0. The average Bonchev–Trinajstić information content (AvgIpc) is 2.71. The molecular weight excluding hydrogens is 224 g/mol. The molecule has 0 aliphatic rings. The van der Waals surface area contributed by atoms with Crippen molar-refractivity contribution in [3.63, 3.8) is 0 Å². The molecule has 0 aliphatic carbocycles. The van der Waals surface area contributed by atoms with Crippen LogP contribution in [0.2, 0.25) is 0 Å². The molecule has 1 amide bonds. The molecule has 0 fully saturated rings. The van der Waals surface area contributed by atoms with Crippen molar-refractivity contribution >= 4 is 11.9 Å². The van der Waals surface area contributed by atoms with Crippen molar-refractivity contribution in [2.24, 2.45) is 0 Å². The molecule has 1 aromatic rings. The summed E-state index contributed by atoms with van der Waals surface area (Å²) in [6.07, 6.45) is 0. The highest BCUT2D eigenvalue weighted by Gasteiger charge is 2.24. The number of ether oxygens (including phenoxy) is 1. The van der Waals surface area contributed by atoms with E-state index < -0.39 is 5.97 Å². The van der Waals surface area contributed by atoms with E-state index >= 15 is 0 Å². The fraction of sp³-hybridized carbons (Fsp3) is 0.545. The summed E-state index contributed by atoms with van der Waals surface area (Å²) in [6, 6.07) is 1.40. The van der Waals surface area contributed by atoms with Crippen LogP contribution in [0.15, 0.2) is 10.6 Å². The molecule has 0 spiro atoms. The Labute approximate surface area is 99.5 Å². The summed E-state index contributed by atoms with van der Waals surface area (Å²) in [5.74, 6) is -0.714. The number of hydrogen-bond donors (Lipinski definition) is 0. The molecule has 0 atom stereocenters. The van der Waals surface area contributed by atoms with Crippen LogP contribution in [0.5, 0.6) is 0 Å². The highest BCUT2D eigenvalue weighted by atomic mass is 16.5. The minimum atomic E-state index is -0.469. The van der Waals surface area contributed by atoms with E-state index in [9.17, 15) is 9.59 Å². The van der Waals surface area contributed by atoms with Gasteiger partial charge >= 0.3 is 5.97 Å². The van der Waals surface area contributed by atoms with E-state index in [0.717, 1.165) is 0 Å². The van der Waals surface area contributed by atoms with Crippen molar-refractivity contribution in [1.82, 2.24) is 10.1 Å². The molecule has 1 heterocycles. The van der Waals surface area contributed by atoms with Crippen LogP contribution in [-0.4, -0.2) is 41.6 Å². The zero-order valence-electron chi connectivity index (χ0n) is 10.4. The Morgan fingerprint density at radius 2 is 2.18 bits per heavy atom. The Morgan fingerprint density at radius 1 is 1.53 bits per heavy atom. The molecule has 0 saturated carbocycles. The highest BCUT2D eigenvalue weighted by Crippen LogP contribution is 2.09. The third-order valence-electron chi connectivity index (χ3n) is 2.25. The first-order valence-electron chi connectivity index (χ1n) is 5.26. The van der Waals surface area contributed by atoms with Crippen molar-refractivity contribution in [2.75, 3.05) is 13.7 Å². The topological polar surface area (TPSA) is 72.6 Å². The van der Waals surface area contributed by atoms with Crippen LogP contribution < -0.4 is 0 Å². The van der Waals surface area contributed by atoms with Gasteiger partial charge in [0.25, 0.3) is 5.91 Å². The van der Waals surface area contributed by atoms with Crippen LogP contribution in [0.4, 0.5) is 0 Å². The van der Waals surface area contributed by atoms with Gasteiger partial charge in [0.05, 0.1) is 12.8 Å². The van der Waals surface area contributed by atoms with Gasteiger partial charge in [-0.25, -0.2) is 0 Å². The predicted molar refractivity (Wildman–Crippen MR) is 59.4 cm³/mol. The number of methoxy groups -OCH3 is 1. The van der Waals surface area contributed by atoms with E-state index in [0.29, 0.717) is 5.69 Å². The van der Waals surface area contributed by atoms with Gasteiger partial charge in [-0.3, -0.25) is 9.59 Å². The number of nitrogens with zero attached hydrogens (tertiary/aromatic N) is 2. The van der Waals surface area contributed by atoms with Gasteiger partial charge in [0, 0.05) is 12.1 Å². The second-order valence-electron chi connectivity index (χ2n) is 3.94. The Bertz CT molecular complexity index is 411. The lowest BCUT2D eigenvalue weighted by Crippen LogP contribution is -2.40. The monoisotopic (exact) mass is 240 g/mol. The van der Waals surface area contributed by atoms with Gasteiger partial charge in [-0.15, -0.1) is 0 Å². The number of rotatable bonds is 4. The number of carbonyl (C=O) groups excluding carboxylic acids is 2. The van der Waals surface area contributed by atoms with E-state index in [-0.39, 0.29) is 24.3 Å². The van der Waals surface area contributed by atoms with Gasteiger partial charge in [-0.2, -0.15) is 0 Å². The van der Waals surface area contributed by atoms with Crippen LogP contribution in [0.1, 0.15) is 30.1 Å². The largest absolute Gasteiger partial charge is 0.468 e. The SMILES string of the molecule is COC(=O)CN(C(=O)c1cc(C)no1)C(C)C. The normalized spacial score (nSPS) is 10.4. The third kappa shape index (κ3) is 3.30. The Morgan fingerprint density at radius 3 is 2.59 bits per heavy atom. The molecule has 1 rings (SSSR count). The Balaban J connectivity index is 2.84. The Kier molecular flexibility index (Phi) is 4.25. The van der Waals surface area contributed by atoms with Crippen molar-refractivity contribution in [3.05, 3.63) is 17.5 Å². The van der Waals surface area contributed by atoms with E-state index in [1.807, 2.05) is 13.8 Å². The molecule has 0 saturated heterocycles. The second-order valence-corrected chi connectivity index (χ2v) is 3.94. The zero-order valence-corrected chi connectivity index (χ0v) is 10.4. The van der Waals surface area contributed by atoms with Crippen LogP contribution in [0.25, 0.3) is 0 Å². The maximum Gasteiger partial charge on any atom is 0.325 e. The van der Waals surface area contributed by atoms with Gasteiger partial charge < -0.3 is 14.2 Å². The van der Waals surface area contributed by atoms with Crippen molar-refractivity contribution < 1.29 is 18.8 Å². The summed E-state index contributed by atoms with van der Waals surface area (Å²) in [4.78, 5) is 24.6. The first-order valence-corrected chi connectivity index (χ1v) is 5.26. The Hall–Kier alpha value is -1.85. The number of aryl methyl sites for hydroxylation is 1. The van der Waals surface area contributed by atoms with Crippen molar-refractivity contribution in [3.8, 4) is 0 Å². The molecule has 6 heteroatoms. The lowest BCUT2D eigenvalue weighted by molar-refractivity contribution is -0.141. The van der Waals surface area contributed by atoms with Gasteiger partial charge in [-0.1, -0.05) is 5.16 Å². The summed E-state index contributed by atoms with van der Waals surface area (Å²) >= 11 is 0. The maximum atomic E-state index is 12.0. The third-order valence-corrected chi connectivity index (χ3v) is 2.25. The van der Waals surface area contributed by atoms with E-state index in [1.165, 1.54) is 18.1 Å². The summed E-state index contributed by atoms with van der Waals surface area (Å²) in [6.45, 7) is 5.24. The fourth-order valence-electron chi connectivity index (χ4n) is 1.30. The van der Waals surface area contributed by atoms with E-state index in [1.54, 1.807) is 6.92 Å². The van der Waals surface area contributed by atoms with Crippen LogP contribution in [-0.2, 0) is 9.53 Å². The first kappa shape index (κ1) is 13.2. The first-order chi connectivity index (χ1) is 7.95. The molecule has 0 bridgehead atoms. The average molecular weight is 240 g/mol. The number of esters is 1. The van der Waals surface area contributed by atoms with Crippen LogP contribution in [0, 0.1) is 6.92 Å². The number of aromatic nitrogens is 1. The number of hydrogen-bond acceptors (Lipinski definition) is 5. The number of amides is 1. The van der Waals surface area contributed by atoms with Gasteiger partial charge in [0.15, 0.2) is 0 Å². The molecule has 0 aliphatic heterocycles. The predicted octanol–water partition coefficient (Wildman–Crippen LogP) is 1.01. The minimum Gasteiger partial charge on any atom is -0.468 e. The van der Waals surface area contributed by atoms with Crippen molar-refractivity contribution in [2.45, 2.75) is 26.8 Å². The van der Waals surface area contributed by atoms with Crippen LogP contribution in [0.3, 0.4) is 0 Å². The molecule has 0 aromatic carbocycles. The lowest BCUT2D eigenvalue weighted by atomic mass is 10.2. The molecule has 94 valence electrons. The van der Waals surface area contributed by atoms with E-state index in [4.69, 9.17) is 4.52 Å². The quantitative estimate of drug-likeness (QED) is 0.734. The minimum absolute atomic E-state index is 0.104. The van der Waals surface area contributed by atoms with Gasteiger partial charge in [-0.05, 0) is 20.8 Å². The standard InChI is InChI=1S/C11H16N2O4/c1-7(2)13(6-10(14)16-4)11(15)9-5-8(3)12-17-9/h5,7H,6H2,1-4H3. The zero-order chi connectivity index (χ0) is 13.0. The van der Waals surface area contributed by atoms with E-state index in [2.05, 4.69) is 9.89 Å². The molecule has 0 radical (unpaired) electrons. The molecule has 1 aromatic heterocycles. The second kappa shape index (κ2) is 5.47. The molecule has 17 heavy (non-hydrogen) atoms. The summed E-state index contributed by atoms with van der Waals surface area (Å²) in [5, 5.41) is 3.64. The van der Waals surface area contributed by atoms with Gasteiger partial charge in [0.2, 0.25) is 5.76 Å². The summed E-state index contributed by atoms with van der Waals surface area (Å²) < 4.78 is 9.42. The number of carbonyl (C=O) groups is 2. The fourth-order valence-corrected chi connectivity index (χ4v) is 1.30. The summed E-state index contributed by atoms with van der Waals surface area (Å²) in [7, 11) is 1.28. The molecule has 0 N–H and O–H groups in total. The molecule has 0 unspecified atom stereocenters. The summed E-state index contributed by atoms with van der Waals surface area (Å²) in [5.41, 5.74) is 0.620. The lowest BCUT2D eigenvalue weighted by Gasteiger charge is -2.23. The molecular formula is C11H16N2O4. The van der Waals surface area contributed by atoms with Gasteiger partial charge in [0.1, 0.15) is 6.54 Å². The molecule has 6 nitrogen and oxygen atoms in total. The van der Waals surface area contributed by atoms with Crippen molar-refractivity contribution in [1.29, 1.82) is 0 Å². The highest BCUT2D eigenvalue weighted by molar-refractivity contribution is 5.93.